The van der Waals surface area contributed by atoms with Crippen molar-refractivity contribution in [1.29, 1.82) is 0 Å². The Bertz CT molecular complexity index is 908. The Kier molecular flexibility index (Phi) is 6.54. The average molecular weight is 380 g/mol. The zero-order valence-corrected chi connectivity index (χ0v) is 15.1. The van der Waals surface area contributed by atoms with Gasteiger partial charge in [-0.3, -0.25) is 0 Å². The lowest BCUT2D eigenvalue weighted by Gasteiger charge is -2.11. The van der Waals surface area contributed by atoms with Crippen molar-refractivity contribution < 1.29 is 19.0 Å². The smallest absolute Gasteiger partial charge is 0.147 e. The third-order valence-corrected chi connectivity index (χ3v) is 3.70. The number of hydrogen-bond acceptors (Lipinski definition) is 6. The van der Waals surface area contributed by atoms with Gasteiger partial charge in [-0.15, -0.1) is 12.4 Å². The van der Waals surface area contributed by atoms with Gasteiger partial charge >= 0.3 is 0 Å². The predicted octanol–water partition coefficient (Wildman–Crippen LogP) is 3.97. The van der Waals surface area contributed by atoms with E-state index in [9.17, 15) is 9.50 Å². The van der Waals surface area contributed by atoms with Crippen LogP contribution in [0.3, 0.4) is 0 Å². The van der Waals surface area contributed by atoms with Gasteiger partial charge in [-0.2, -0.15) is 0 Å². The average Bonchev–Trinajstić information content (AvgIpc) is 2.60. The van der Waals surface area contributed by atoms with Crippen LogP contribution >= 0.6 is 12.4 Å². The van der Waals surface area contributed by atoms with Crippen LogP contribution in [0.1, 0.15) is 5.56 Å². The first kappa shape index (κ1) is 19.7. The number of benzene rings is 2. The van der Waals surface area contributed by atoms with E-state index in [1.165, 1.54) is 18.5 Å². The van der Waals surface area contributed by atoms with Gasteiger partial charge in [0.15, 0.2) is 0 Å². The van der Waals surface area contributed by atoms with Gasteiger partial charge in [0.2, 0.25) is 0 Å². The summed E-state index contributed by atoms with van der Waals surface area (Å²) in [7, 11) is 1.61. The number of nitrogens with zero attached hydrogens (tertiary/aromatic N) is 2. The maximum atomic E-state index is 14.1. The van der Waals surface area contributed by atoms with E-state index in [1.54, 1.807) is 32.2 Å². The molecule has 0 bridgehead atoms. The van der Waals surface area contributed by atoms with Gasteiger partial charge < -0.3 is 19.9 Å². The van der Waals surface area contributed by atoms with Gasteiger partial charge in [0.1, 0.15) is 36.1 Å². The molecule has 0 spiro atoms. The maximum absolute atomic E-state index is 14.1. The van der Waals surface area contributed by atoms with Gasteiger partial charge in [0, 0.05) is 24.6 Å². The number of hydrogen-bond donors (Lipinski definition) is 2. The molecule has 0 amide bonds. The van der Waals surface area contributed by atoms with Gasteiger partial charge in [-0.05, 0) is 30.7 Å². The highest BCUT2D eigenvalue weighted by atomic mass is 35.5. The Morgan fingerprint density at radius 2 is 1.96 bits per heavy atom. The van der Waals surface area contributed by atoms with Crippen molar-refractivity contribution >= 4 is 34.8 Å². The molecule has 1 heterocycles. The molecule has 2 aromatic carbocycles. The quantitative estimate of drug-likeness (QED) is 0.631. The van der Waals surface area contributed by atoms with Crippen LogP contribution in [0, 0.1) is 12.7 Å². The number of methoxy groups -OCH3 is 1. The number of anilines is 2. The van der Waals surface area contributed by atoms with E-state index in [0.717, 1.165) is 0 Å². The minimum atomic E-state index is -0.471. The Morgan fingerprint density at radius 1 is 1.15 bits per heavy atom. The van der Waals surface area contributed by atoms with Crippen LogP contribution in [0.2, 0.25) is 0 Å². The van der Waals surface area contributed by atoms with Gasteiger partial charge in [-0.1, -0.05) is 0 Å². The first-order valence-corrected chi connectivity index (χ1v) is 7.71. The summed E-state index contributed by atoms with van der Waals surface area (Å²) in [6.07, 6.45) is 1.38. The molecule has 0 saturated heterocycles. The van der Waals surface area contributed by atoms with Crippen molar-refractivity contribution in [1.82, 2.24) is 9.97 Å². The summed E-state index contributed by atoms with van der Waals surface area (Å²) in [6, 6.07) is 7.96. The molecule has 2 N–H and O–H groups in total. The molecule has 138 valence electrons. The number of fused-ring (bicyclic) bond motifs is 1. The molecule has 0 aliphatic heterocycles. The molecule has 0 aliphatic rings. The largest absolute Gasteiger partial charge is 0.508 e. The first-order chi connectivity index (χ1) is 12.1. The van der Waals surface area contributed by atoms with Crippen molar-refractivity contribution in [3.05, 3.63) is 48.0 Å². The Balaban J connectivity index is 0.00000243. The van der Waals surface area contributed by atoms with E-state index in [1.807, 2.05) is 0 Å². The first-order valence-electron chi connectivity index (χ1n) is 7.71. The number of ether oxygens (including phenoxy) is 2. The number of rotatable bonds is 6. The third kappa shape index (κ3) is 4.30. The molecule has 6 nitrogen and oxygen atoms in total. The summed E-state index contributed by atoms with van der Waals surface area (Å²) in [4.78, 5) is 8.39. The Labute approximate surface area is 156 Å². The topological polar surface area (TPSA) is 76.5 Å². The summed E-state index contributed by atoms with van der Waals surface area (Å²) >= 11 is 0. The van der Waals surface area contributed by atoms with E-state index in [0.29, 0.717) is 41.2 Å². The number of halogens is 2. The van der Waals surface area contributed by atoms with Crippen LogP contribution in [-0.2, 0) is 4.74 Å². The number of nitrogens with one attached hydrogen (secondary N) is 1. The molecular formula is C18H19ClFN3O3. The molecule has 26 heavy (non-hydrogen) atoms. The lowest BCUT2D eigenvalue weighted by Crippen LogP contribution is -2.04. The lowest BCUT2D eigenvalue weighted by molar-refractivity contribution is 0.146. The normalized spacial score (nSPS) is 10.4. The number of phenols is 1. The predicted molar refractivity (Wildman–Crippen MR) is 100 cm³/mol. The van der Waals surface area contributed by atoms with Gasteiger partial charge in [0.05, 0.1) is 17.8 Å². The summed E-state index contributed by atoms with van der Waals surface area (Å²) in [5.41, 5.74) is 1.26. The van der Waals surface area contributed by atoms with Crippen molar-refractivity contribution in [3.8, 4) is 11.5 Å². The van der Waals surface area contributed by atoms with Gasteiger partial charge in [0.25, 0.3) is 0 Å². The van der Waals surface area contributed by atoms with E-state index in [4.69, 9.17) is 9.47 Å². The van der Waals surface area contributed by atoms with E-state index >= 15 is 0 Å². The number of aromatic nitrogens is 2. The van der Waals surface area contributed by atoms with Crippen molar-refractivity contribution in [3.63, 3.8) is 0 Å². The second-order valence-corrected chi connectivity index (χ2v) is 5.49. The lowest BCUT2D eigenvalue weighted by atomic mass is 10.2. The second kappa shape index (κ2) is 8.64. The van der Waals surface area contributed by atoms with Crippen LogP contribution in [0.5, 0.6) is 11.5 Å². The zero-order valence-electron chi connectivity index (χ0n) is 14.3. The summed E-state index contributed by atoms with van der Waals surface area (Å²) in [5, 5.41) is 13.4. The SMILES string of the molecule is COCCOc1ccc2c(Nc3cc(O)c(C)cc3F)ncnc2c1.Cl. The van der Waals surface area contributed by atoms with E-state index < -0.39 is 5.82 Å². The minimum absolute atomic E-state index is 0. The molecule has 0 fully saturated rings. The monoisotopic (exact) mass is 379 g/mol. The highest BCUT2D eigenvalue weighted by Crippen LogP contribution is 2.30. The van der Waals surface area contributed by atoms with Crippen molar-refractivity contribution in [2.75, 3.05) is 25.6 Å². The molecule has 8 heteroatoms. The fourth-order valence-electron chi connectivity index (χ4n) is 2.35. The van der Waals surface area contributed by atoms with Crippen molar-refractivity contribution in [2.45, 2.75) is 6.92 Å². The van der Waals surface area contributed by atoms with Crippen LogP contribution in [-0.4, -0.2) is 35.4 Å². The highest BCUT2D eigenvalue weighted by Gasteiger charge is 2.10. The number of aromatic hydroxyl groups is 1. The summed E-state index contributed by atoms with van der Waals surface area (Å²) in [5.74, 6) is 0.640. The molecule has 3 rings (SSSR count). The van der Waals surface area contributed by atoms with E-state index in [2.05, 4.69) is 15.3 Å². The van der Waals surface area contributed by atoms with E-state index in [-0.39, 0.29) is 23.8 Å². The molecule has 0 unspecified atom stereocenters. The molecule has 0 aliphatic carbocycles. The molecule has 3 aromatic rings. The standard InChI is InChI=1S/C18H18FN3O3.ClH/c1-11-7-14(19)16(9-17(11)23)22-18-13-4-3-12(25-6-5-24-2)8-15(13)20-10-21-18;/h3-4,7-10,23H,5-6H2,1-2H3,(H,20,21,22);1H. The number of phenolic OH excluding ortho intramolecular Hbond substituents is 1. The zero-order chi connectivity index (χ0) is 17.8. The van der Waals surface area contributed by atoms with Crippen LogP contribution in [0.15, 0.2) is 36.7 Å². The van der Waals surface area contributed by atoms with Gasteiger partial charge in [-0.25, -0.2) is 14.4 Å². The van der Waals surface area contributed by atoms with Crippen molar-refractivity contribution in [2.24, 2.45) is 0 Å². The van der Waals surface area contributed by atoms with Crippen LogP contribution in [0.4, 0.5) is 15.9 Å². The second-order valence-electron chi connectivity index (χ2n) is 5.49. The molecule has 1 aromatic heterocycles. The minimum Gasteiger partial charge on any atom is -0.508 e. The van der Waals surface area contributed by atoms with Crippen LogP contribution in [0.25, 0.3) is 10.9 Å². The molecule has 0 atom stereocenters. The molecule has 0 saturated carbocycles. The third-order valence-electron chi connectivity index (χ3n) is 3.70. The molecule has 0 radical (unpaired) electrons. The number of aryl methyl sites for hydroxylation is 1. The Hall–Kier alpha value is -2.64. The maximum Gasteiger partial charge on any atom is 0.147 e. The summed E-state index contributed by atoms with van der Waals surface area (Å²) < 4.78 is 24.6. The summed E-state index contributed by atoms with van der Waals surface area (Å²) in [6.45, 7) is 2.56. The molecular weight excluding hydrogens is 361 g/mol. The highest BCUT2D eigenvalue weighted by molar-refractivity contribution is 5.91. The van der Waals surface area contributed by atoms with Crippen LogP contribution < -0.4 is 10.1 Å². The fraction of sp³-hybridized carbons (Fsp3) is 0.222. The fourth-order valence-corrected chi connectivity index (χ4v) is 2.35. The Morgan fingerprint density at radius 3 is 2.73 bits per heavy atom.